The largest absolute Gasteiger partial charge is 0.490 e. The van der Waals surface area contributed by atoms with Gasteiger partial charge in [-0.05, 0) is 36.4 Å². The fourth-order valence-corrected chi connectivity index (χ4v) is 3.60. The maximum Gasteiger partial charge on any atom is 0.264 e. The summed E-state index contributed by atoms with van der Waals surface area (Å²) in [4.78, 5) is 0.145. The van der Waals surface area contributed by atoms with Crippen molar-refractivity contribution in [1.82, 2.24) is 0 Å². The predicted molar refractivity (Wildman–Crippen MR) is 95.2 cm³/mol. The molecule has 3 rings (SSSR count). The van der Waals surface area contributed by atoms with Crippen LogP contribution in [0.15, 0.2) is 60.0 Å². The molecule has 1 aliphatic rings. The summed E-state index contributed by atoms with van der Waals surface area (Å²) in [5, 5.41) is 0. The molecule has 7 heteroatoms. The highest BCUT2D eigenvalue weighted by Crippen LogP contribution is 2.34. The lowest BCUT2D eigenvalue weighted by atomic mass is 10.3. The third kappa shape index (κ3) is 3.56. The summed E-state index contributed by atoms with van der Waals surface area (Å²) in [7, 11) is -2.21. The second-order valence-electron chi connectivity index (χ2n) is 5.37. The Balaban J connectivity index is 1.85. The van der Waals surface area contributed by atoms with Crippen LogP contribution in [0.2, 0.25) is 0 Å². The van der Waals surface area contributed by atoms with Gasteiger partial charge in [0.05, 0.1) is 10.6 Å². The fourth-order valence-electron chi connectivity index (χ4n) is 2.39. The minimum Gasteiger partial charge on any atom is -0.490 e. The van der Waals surface area contributed by atoms with E-state index in [-0.39, 0.29) is 4.90 Å². The van der Waals surface area contributed by atoms with E-state index >= 15 is 0 Å². The quantitative estimate of drug-likeness (QED) is 0.740. The van der Waals surface area contributed by atoms with Gasteiger partial charge in [-0.15, -0.1) is 0 Å². The van der Waals surface area contributed by atoms with Gasteiger partial charge in [-0.2, -0.15) is 0 Å². The highest BCUT2D eigenvalue weighted by Gasteiger charge is 2.24. The third-order valence-corrected chi connectivity index (χ3v) is 5.52. The number of hydrogen-bond acceptors (Lipinski definition) is 5. The van der Waals surface area contributed by atoms with Crippen molar-refractivity contribution in [3.63, 3.8) is 0 Å². The molecule has 2 aromatic carbocycles. The van der Waals surface area contributed by atoms with Crippen molar-refractivity contribution in [3.05, 3.63) is 55.1 Å². The number of ether oxygens (including phenoxy) is 3. The van der Waals surface area contributed by atoms with Gasteiger partial charge in [0.2, 0.25) is 0 Å². The van der Waals surface area contributed by atoms with E-state index in [0.29, 0.717) is 42.8 Å². The average molecular weight is 361 g/mol. The fraction of sp³-hybridized carbons (Fsp3) is 0.222. The second-order valence-corrected chi connectivity index (χ2v) is 7.34. The Morgan fingerprint density at radius 2 is 1.80 bits per heavy atom. The Morgan fingerprint density at radius 1 is 1.12 bits per heavy atom. The van der Waals surface area contributed by atoms with Crippen LogP contribution in [0.4, 0.5) is 5.69 Å². The van der Waals surface area contributed by atoms with E-state index in [1.807, 2.05) is 0 Å². The first-order valence-electron chi connectivity index (χ1n) is 7.75. The van der Waals surface area contributed by atoms with Gasteiger partial charge < -0.3 is 14.2 Å². The zero-order valence-electron chi connectivity index (χ0n) is 13.8. The van der Waals surface area contributed by atoms with Crippen molar-refractivity contribution in [1.29, 1.82) is 0 Å². The maximum absolute atomic E-state index is 12.9. The van der Waals surface area contributed by atoms with E-state index in [1.165, 1.54) is 23.5 Å². The monoisotopic (exact) mass is 361 g/mol. The molecule has 0 saturated heterocycles. The van der Waals surface area contributed by atoms with Gasteiger partial charge in [0.1, 0.15) is 25.6 Å². The van der Waals surface area contributed by atoms with Crippen molar-refractivity contribution in [2.45, 2.75) is 4.90 Å². The Kier molecular flexibility index (Phi) is 4.85. The summed E-state index contributed by atoms with van der Waals surface area (Å²) in [5.74, 6) is 1.64. The number of nitrogens with zero attached hydrogens (tertiary/aromatic N) is 1. The number of benzene rings is 2. The zero-order valence-corrected chi connectivity index (χ0v) is 14.7. The van der Waals surface area contributed by atoms with Crippen molar-refractivity contribution >= 4 is 15.7 Å². The molecule has 6 nitrogen and oxygen atoms in total. The van der Waals surface area contributed by atoms with Gasteiger partial charge in [-0.3, -0.25) is 4.31 Å². The number of fused-ring (bicyclic) bond motifs is 1. The molecule has 0 atom stereocenters. The minimum atomic E-state index is -3.71. The summed E-state index contributed by atoms with van der Waals surface area (Å²) in [6, 6.07) is 11.4. The normalized spacial score (nSPS) is 13.2. The first-order chi connectivity index (χ1) is 12.0. The van der Waals surface area contributed by atoms with E-state index in [1.54, 1.807) is 36.4 Å². The molecule has 0 N–H and O–H groups in total. The van der Waals surface area contributed by atoms with Crippen LogP contribution in [0.1, 0.15) is 0 Å². The van der Waals surface area contributed by atoms with E-state index in [4.69, 9.17) is 14.2 Å². The van der Waals surface area contributed by atoms with Crippen molar-refractivity contribution in [2.24, 2.45) is 0 Å². The van der Waals surface area contributed by atoms with Gasteiger partial charge in [0, 0.05) is 13.1 Å². The summed E-state index contributed by atoms with van der Waals surface area (Å²) >= 11 is 0. The lowest BCUT2D eigenvalue weighted by molar-refractivity contribution is 0.171. The SMILES string of the molecule is C=CCOc1ccc(N(C)S(=O)(=O)c2ccc3c(c2)OCCO3)cc1. The summed E-state index contributed by atoms with van der Waals surface area (Å²) in [6.07, 6.45) is 1.65. The molecule has 0 fully saturated rings. The van der Waals surface area contributed by atoms with Gasteiger partial charge in [-0.1, -0.05) is 12.7 Å². The summed E-state index contributed by atoms with van der Waals surface area (Å²) < 4.78 is 43.2. The molecular weight excluding hydrogens is 342 g/mol. The molecule has 1 aliphatic heterocycles. The van der Waals surface area contributed by atoms with Crippen LogP contribution >= 0.6 is 0 Å². The third-order valence-electron chi connectivity index (χ3n) is 3.74. The minimum absolute atomic E-state index is 0.145. The van der Waals surface area contributed by atoms with Crippen LogP contribution < -0.4 is 18.5 Å². The van der Waals surface area contributed by atoms with Crippen LogP contribution in [0.25, 0.3) is 0 Å². The summed E-state index contributed by atoms with van der Waals surface area (Å²) in [6.45, 7) is 4.84. The van der Waals surface area contributed by atoms with Gasteiger partial charge in [-0.25, -0.2) is 8.42 Å². The van der Waals surface area contributed by atoms with E-state index in [2.05, 4.69) is 6.58 Å². The van der Waals surface area contributed by atoms with E-state index in [0.717, 1.165) is 0 Å². The summed E-state index contributed by atoms with van der Waals surface area (Å²) in [5.41, 5.74) is 0.529. The average Bonchev–Trinajstić information content (AvgIpc) is 2.65. The predicted octanol–water partition coefficient (Wildman–Crippen LogP) is 2.85. The standard InChI is InChI=1S/C18H19NO5S/c1-3-10-22-15-6-4-14(5-7-15)19(2)25(20,21)16-8-9-17-18(13-16)24-12-11-23-17/h3-9,13H,1,10-12H2,2H3. The van der Waals surface area contributed by atoms with Crippen molar-refractivity contribution in [3.8, 4) is 17.2 Å². The van der Waals surface area contributed by atoms with Gasteiger partial charge >= 0.3 is 0 Å². The number of rotatable bonds is 6. The number of sulfonamides is 1. The van der Waals surface area contributed by atoms with Crippen LogP contribution in [0.5, 0.6) is 17.2 Å². The molecule has 0 amide bonds. The lowest BCUT2D eigenvalue weighted by Crippen LogP contribution is -2.26. The Morgan fingerprint density at radius 3 is 2.48 bits per heavy atom. The lowest BCUT2D eigenvalue weighted by Gasteiger charge is -2.22. The topological polar surface area (TPSA) is 65.1 Å². The highest BCUT2D eigenvalue weighted by molar-refractivity contribution is 7.92. The van der Waals surface area contributed by atoms with E-state index in [9.17, 15) is 8.42 Å². The van der Waals surface area contributed by atoms with Crippen LogP contribution in [-0.2, 0) is 10.0 Å². The molecule has 0 unspecified atom stereocenters. The van der Waals surface area contributed by atoms with Gasteiger partial charge in [0.15, 0.2) is 11.5 Å². The van der Waals surface area contributed by atoms with E-state index < -0.39 is 10.0 Å². The van der Waals surface area contributed by atoms with Gasteiger partial charge in [0.25, 0.3) is 10.0 Å². The Labute approximate surface area is 147 Å². The molecule has 2 aromatic rings. The molecule has 0 spiro atoms. The maximum atomic E-state index is 12.9. The highest BCUT2D eigenvalue weighted by atomic mass is 32.2. The van der Waals surface area contributed by atoms with Crippen LogP contribution in [0, 0.1) is 0 Å². The molecule has 0 bridgehead atoms. The Hall–Kier alpha value is -2.67. The molecule has 25 heavy (non-hydrogen) atoms. The zero-order chi connectivity index (χ0) is 17.9. The van der Waals surface area contributed by atoms with Crippen molar-refractivity contribution in [2.75, 3.05) is 31.2 Å². The molecule has 0 saturated carbocycles. The number of hydrogen-bond donors (Lipinski definition) is 0. The molecular formula is C18H19NO5S. The first-order valence-corrected chi connectivity index (χ1v) is 9.19. The first kappa shape index (κ1) is 17.2. The number of anilines is 1. The molecule has 132 valence electrons. The molecule has 0 radical (unpaired) electrons. The molecule has 1 heterocycles. The molecule has 0 aromatic heterocycles. The van der Waals surface area contributed by atoms with Crippen LogP contribution in [0.3, 0.4) is 0 Å². The van der Waals surface area contributed by atoms with Crippen molar-refractivity contribution < 1.29 is 22.6 Å². The Bertz CT molecular complexity index is 862. The smallest absolute Gasteiger partial charge is 0.264 e. The molecule has 0 aliphatic carbocycles. The second kappa shape index (κ2) is 7.06. The van der Waals surface area contributed by atoms with Crippen LogP contribution in [-0.4, -0.2) is 35.3 Å².